The monoisotopic (exact) mass is 268 g/mol. The highest BCUT2D eigenvalue weighted by atomic mass is 16.4. The van der Waals surface area contributed by atoms with Crippen LogP contribution in [0.25, 0.3) is 0 Å². The molecule has 0 saturated carbocycles. The number of carbonyl (C=O) groups excluding carboxylic acids is 1. The van der Waals surface area contributed by atoms with Crippen molar-refractivity contribution in [1.82, 2.24) is 15.1 Å². The molecule has 2 amide bonds. The number of nitrogens with zero attached hydrogens (tertiary/aromatic N) is 2. The van der Waals surface area contributed by atoms with Crippen LogP contribution < -0.4 is 10.6 Å². The first-order valence-electron chi connectivity index (χ1n) is 6.26. The molecule has 0 bridgehead atoms. The molecule has 0 aliphatic carbocycles. The molecule has 1 aromatic heterocycles. The van der Waals surface area contributed by atoms with E-state index in [0.29, 0.717) is 12.2 Å². The molecule has 0 saturated heterocycles. The largest absolute Gasteiger partial charge is 0.481 e. The van der Waals surface area contributed by atoms with E-state index in [1.165, 1.54) is 0 Å². The van der Waals surface area contributed by atoms with Gasteiger partial charge in [-0.2, -0.15) is 5.10 Å². The molecule has 0 radical (unpaired) electrons. The quantitative estimate of drug-likeness (QED) is 0.733. The van der Waals surface area contributed by atoms with E-state index < -0.39 is 12.0 Å². The summed E-state index contributed by atoms with van der Waals surface area (Å²) >= 11 is 0. The molecule has 7 nitrogen and oxygen atoms in total. The number of hydrogen-bond acceptors (Lipinski definition) is 3. The lowest BCUT2D eigenvalue weighted by Crippen LogP contribution is -2.39. The molecule has 0 aromatic carbocycles. The molecule has 0 aliphatic rings. The number of rotatable bonds is 6. The summed E-state index contributed by atoms with van der Waals surface area (Å²) in [6, 6.07) is 1.08. The summed E-state index contributed by atoms with van der Waals surface area (Å²) in [6.45, 7) is 5.79. The first kappa shape index (κ1) is 15.0. The lowest BCUT2D eigenvalue weighted by Gasteiger charge is -2.14. The van der Waals surface area contributed by atoms with E-state index >= 15 is 0 Å². The topological polar surface area (TPSA) is 96.3 Å². The van der Waals surface area contributed by atoms with E-state index in [0.717, 1.165) is 0 Å². The van der Waals surface area contributed by atoms with Gasteiger partial charge in [-0.15, -0.1) is 0 Å². The summed E-state index contributed by atoms with van der Waals surface area (Å²) in [7, 11) is 0. The van der Waals surface area contributed by atoms with Crippen molar-refractivity contribution < 1.29 is 14.7 Å². The number of carboxylic acids is 1. The molecule has 0 spiro atoms. The van der Waals surface area contributed by atoms with Crippen LogP contribution in [-0.2, 0) is 4.79 Å². The van der Waals surface area contributed by atoms with E-state index in [4.69, 9.17) is 5.11 Å². The van der Waals surface area contributed by atoms with Crippen LogP contribution in [0.5, 0.6) is 0 Å². The third-order valence-corrected chi connectivity index (χ3v) is 2.63. The molecule has 7 heteroatoms. The highest BCUT2D eigenvalue weighted by molar-refractivity contribution is 5.88. The molecule has 1 atom stereocenters. The van der Waals surface area contributed by atoms with Crippen LogP contribution in [0.15, 0.2) is 12.3 Å². The van der Waals surface area contributed by atoms with Crippen molar-refractivity contribution in [2.24, 2.45) is 0 Å². The van der Waals surface area contributed by atoms with E-state index in [1.54, 1.807) is 16.9 Å². The number of aromatic nitrogens is 2. The highest BCUT2D eigenvalue weighted by Gasteiger charge is 2.14. The van der Waals surface area contributed by atoms with Gasteiger partial charge in [0.15, 0.2) is 5.82 Å². The van der Waals surface area contributed by atoms with Gasteiger partial charge >= 0.3 is 12.0 Å². The SMILES string of the molecule is CCC(CC(=O)O)NC(=O)Nc1ccn(C(C)C)n1. The van der Waals surface area contributed by atoms with E-state index in [1.807, 2.05) is 20.8 Å². The molecule has 3 N–H and O–H groups in total. The Morgan fingerprint density at radius 2 is 2.16 bits per heavy atom. The molecule has 0 aliphatic heterocycles. The number of urea groups is 1. The normalized spacial score (nSPS) is 12.2. The molecular weight excluding hydrogens is 248 g/mol. The molecule has 1 unspecified atom stereocenters. The third-order valence-electron chi connectivity index (χ3n) is 2.63. The number of aliphatic carboxylic acids is 1. The van der Waals surface area contributed by atoms with E-state index in [2.05, 4.69) is 15.7 Å². The smallest absolute Gasteiger partial charge is 0.320 e. The lowest BCUT2D eigenvalue weighted by molar-refractivity contribution is -0.137. The number of carbonyl (C=O) groups is 2. The number of hydrogen-bond donors (Lipinski definition) is 3. The van der Waals surface area contributed by atoms with Crippen molar-refractivity contribution in [3.8, 4) is 0 Å². The maximum Gasteiger partial charge on any atom is 0.320 e. The minimum atomic E-state index is -0.934. The second-order valence-corrected chi connectivity index (χ2v) is 4.58. The fraction of sp³-hybridized carbons (Fsp3) is 0.583. The lowest BCUT2D eigenvalue weighted by atomic mass is 10.1. The summed E-state index contributed by atoms with van der Waals surface area (Å²) in [4.78, 5) is 22.3. The van der Waals surface area contributed by atoms with Crippen LogP contribution in [0.2, 0.25) is 0 Å². The number of nitrogens with one attached hydrogen (secondary N) is 2. The number of amides is 2. The second kappa shape index (κ2) is 6.77. The minimum absolute atomic E-state index is 0.0929. The third kappa shape index (κ3) is 4.99. The molecule has 1 aromatic rings. The van der Waals surface area contributed by atoms with Crippen molar-refractivity contribution in [2.75, 3.05) is 5.32 Å². The zero-order valence-corrected chi connectivity index (χ0v) is 11.4. The zero-order chi connectivity index (χ0) is 14.4. The van der Waals surface area contributed by atoms with Gasteiger partial charge in [-0.1, -0.05) is 6.92 Å². The van der Waals surface area contributed by atoms with Crippen molar-refractivity contribution in [2.45, 2.75) is 45.7 Å². The average Bonchev–Trinajstić information content (AvgIpc) is 2.75. The second-order valence-electron chi connectivity index (χ2n) is 4.58. The van der Waals surface area contributed by atoms with Gasteiger partial charge in [-0.25, -0.2) is 4.79 Å². The van der Waals surface area contributed by atoms with Gasteiger partial charge in [0.1, 0.15) is 0 Å². The maximum absolute atomic E-state index is 11.7. The van der Waals surface area contributed by atoms with Crippen molar-refractivity contribution >= 4 is 17.8 Å². The van der Waals surface area contributed by atoms with Crippen LogP contribution in [0.3, 0.4) is 0 Å². The Balaban J connectivity index is 2.51. The summed E-state index contributed by atoms with van der Waals surface area (Å²) in [6.07, 6.45) is 2.24. The zero-order valence-electron chi connectivity index (χ0n) is 11.4. The van der Waals surface area contributed by atoms with Crippen LogP contribution in [0, 0.1) is 0 Å². The Labute approximate surface area is 112 Å². The molecular formula is C12H20N4O3. The number of anilines is 1. The first-order chi connectivity index (χ1) is 8.92. The average molecular weight is 268 g/mol. The van der Waals surface area contributed by atoms with Crippen LogP contribution in [-0.4, -0.2) is 32.9 Å². The Morgan fingerprint density at radius 3 is 2.63 bits per heavy atom. The summed E-state index contributed by atoms with van der Waals surface area (Å²) < 4.78 is 1.73. The molecule has 1 heterocycles. The maximum atomic E-state index is 11.7. The van der Waals surface area contributed by atoms with E-state index in [9.17, 15) is 9.59 Å². The van der Waals surface area contributed by atoms with Crippen LogP contribution in [0.1, 0.15) is 39.7 Å². The molecule has 106 valence electrons. The van der Waals surface area contributed by atoms with Gasteiger partial charge in [0.2, 0.25) is 0 Å². The Morgan fingerprint density at radius 1 is 1.47 bits per heavy atom. The van der Waals surface area contributed by atoms with Gasteiger partial charge in [-0.05, 0) is 20.3 Å². The van der Waals surface area contributed by atoms with Crippen molar-refractivity contribution in [1.29, 1.82) is 0 Å². The molecule has 1 rings (SSSR count). The standard InChI is InChI=1S/C12H20N4O3/c1-4-9(7-11(17)18)13-12(19)14-10-5-6-16(15-10)8(2)3/h5-6,8-9H,4,7H2,1-3H3,(H,17,18)(H2,13,14,15,19). The molecule has 19 heavy (non-hydrogen) atoms. The highest BCUT2D eigenvalue weighted by Crippen LogP contribution is 2.08. The van der Waals surface area contributed by atoms with Crippen molar-refractivity contribution in [3.63, 3.8) is 0 Å². The predicted molar refractivity (Wildman–Crippen MR) is 71.1 cm³/mol. The Kier molecular flexibility index (Phi) is 5.35. The van der Waals surface area contributed by atoms with Gasteiger partial charge in [0.25, 0.3) is 0 Å². The van der Waals surface area contributed by atoms with Gasteiger partial charge < -0.3 is 10.4 Å². The van der Waals surface area contributed by atoms with Gasteiger partial charge in [0.05, 0.1) is 6.42 Å². The summed E-state index contributed by atoms with van der Waals surface area (Å²) in [5.74, 6) is -0.493. The van der Waals surface area contributed by atoms with Crippen molar-refractivity contribution in [3.05, 3.63) is 12.3 Å². The first-order valence-corrected chi connectivity index (χ1v) is 6.26. The Bertz CT molecular complexity index is 442. The molecule has 0 fully saturated rings. The predicted octanol–water partition coefficient (Wildman–Crippen LogP) is 1.84. The van der Waals surface area contributed by atoms with Crippen LogP contribution in [0.4, 0.5) is 10.6 Å². The Hall–Kier alpha value is -2.05. The summed E-state index contributed by atoms with van der Waals surface area (Å²) in [5, 5.41) is 18.1. The minimum Gasteiger partial charge on any atom is -0.481 e. The van der Waals surface area contributed by atoms with E-state index in [-0.39, 0.29) is 18.5 Å². The van der Waals surface area contributed by atoms with Crippen LogP contribution >= 0.6 is 0 Å². The summed E-state index contributed by atoms with van der Waals surface area (Å²) in [5.41, 5.74) is 0. The van der Waals surface area contributed by atoms with Gasteiger partial charge in [-0.3, -0.25) is 14.8 Å². The number of carboxylic acid groups (broad SMARTS) is 1. The fourth-order valence-corrected chi connectivity index (χ4v) is 1.54. The fourth-order valence-electron chi connectivity index (χ4n) is 1.54. The van der Waals surface area contributed by atoms with Gasteiger partial charge in [0, 0.05) is 24.3 Å².